The number of hydrogen-bond donors (Lipinski definition) is 1. The Kier molecular flexibility index (Phi) is 2.53. The van der Waals surface area contributed by atoms with Gasteiger partial charge < -0.3 is 4.98 Å². The molecule has 5 nitrogen and oxygen atoms in total. The minimum absolute atomic E-state index is 0.199. The molecule has 0 bridgehead atoms. The van der Waals surface area contributed by atoms with Crippen LogP contribution in [0.5, 0.6) is 0 Å². The fraction of sp³-hybridized carbons (Fsp3) is 0.200. The standard InChI is InChI=1S/C10H10N4O/c1-7-13-5-9(10(15)14-7)2-8-3-11-6-12-4-8/h3-6H,2H2,1H3,(H,13,14,15). The monoisotopic (exact) mass is 202 g/mol. The van der Waals surface area contributed by atoms with Crippen LogP contribution in [0.15, 0.2) is 29.7 Å². The summed E-state index contributed by atoms with van der Waals surface area (Å²) < 4.78 is 0. The zero-order chi connectivity index (χ0) is 10.7. The number of H-pyrrole nitrogens is 1. The van der Waals surface area contributed by atoms with Gasteiger partial charge in [0.25, 0.3) is 5.56 Å². The van der Waals surface area contributed by atoms with Crippen LogP contribution >= 0.6 is 0 Å². The highest BCUT2D eigenvalue weighted by atomic mass is 16.1. The number of nitrogens with zero attached hydrogens (tertiary/aromatic N) is 3. The summed E-state index contributed by atoms with van der Waals surface area (Å²) in [4.78, 5) is 26.0. The molecule has 0 radical (unpaired) electrons. The Bertz CT molecular complexity index is 506. The average molecular weight is 202 g/mol. The molecule has 0 saturated heterocycles. The van der Waals surface area contributed by atoms with Gasteiger partial charge in [0.05, 0.1) is 0 Å². The van der Waals surface area contributed by atoms with Gasteiger partial charge in [0.15, 0.2) is 0 Å². The lowest BCUT2D eigenvalue weighted by atomic mass is 10.1. The van der Waals surface area contributed by atoms with Gasteiger partial charge in [-0.1, -0.05) is 0 Å². The molecule has 0 amide bonds. The van der Waals surface area contributed by atoms with E-state index in [0.717, 1.165) is 5.56 Å². The van der Waals surface area contributed by atoms with Gasteiger partial charge in [-0.25, -0.2) is 9.97 Å². The summed E-state index contributed by atoms with van der Waals surface area (Å²) in [5.41, 5.74) is 1.32. The van der Waals surface area contributed by atoms with E-state index in [-0.39, 0.29) is 5.56 Å². The Hall–Kier alpha value is -2.04. The first-order valence-corrected chi connectivity index (χ1v) is 4.55. The van der Waals surface area contributed by atoms with Crippen molar-refractivity contribution < 1.29 is 0 Å². The molecule has 0 aliphatic carbocycles. The van der Waals surface area contributed by atoms with E-state index in [2.05, 4.69) is 19.9 Å². The highest BCUT2D eigenvalue weighted by molar-refractivity contribution is 5.17. The summed E-state index contributed by atoms with van der Waals surface area (Å²) in [6, 6.07) is 0. The van der Waals surface area contributed by atoms with Crippen molar-refractivity contribution in [3.8, 4) is 0 Å². The minimum atomic E-state index is -0.199. The molecule has 0 aliphatic rings. The van der Waals surface area contributed by atoms with E-state index in [9.17, 15) is 4.79 Å². The van der Waals surface area contributed by atoms with Crippen LogP contribution in [-0.2, 0) is 6.42 Å². The van der Waals surface area contributed by atoms with E-state index in [1.165, 1.54) is 6.33 Å². The van der Waals surface area contributed by atoms with Crippen LogP contribution in [0.2, 0.25) is 0 Å². The second kappa shape index (κ2) is 4.00. The maximum atomic E-state index is 11.5. The molecule has 0 spiro atoms. The SMILES string of the molecule is Cc1nc(=O)c(Cc2cncnc2)c[nH]1. The molecule has 0 fully saturated rings. The van der Waals surface area contributed by atoms with Crippen molar-refractivity contribution in [2.75, 3.05) is 0 Å². The molecular weight excluding hydrogens is 192 g/mol. The number of aromatic amines is 1. The largest absolute Gasteiger partial charge is 0.350 e. The van der Waals surface area contributed by atoms with Crippen molar-refractivity contribution in [1.82, 2.24) is 19.9 Å². The van der Waals surface area contributed by atoms with Crippen molar-refractivity contribution in [2.24, 2.45) is 0 Å². The molecule has 2 rings (SSSR count). The average Bonchev–Trinajstić information content (AvgIpc) is 2.24. The number of nitrogens with one attached hydrogen (secondary N) is 1. The highest BCUT2D eigenvalue weighted by Crippen LogP contribution is 2.00. The van der Waals surface area contributed by atoms with Gasteiger partial charge in [-0.15, -0.1) is 0 Å². The quantitative estimate of drug-likeness (QED) is 0.767. The molecule has 76 valence electrons. The molecule has 0 atom stereocenters. The van der Waals surface area contributed by atoms with Crippen molar-refractivity contribution in [2.45, 2.75) is 13.3 Å². The maximum Gasteiger partial charge on any atom is 0.276 e. The predicted octanol–water partition coefficient (Wildman–Crippen LogP) is 0.459. The summed E-state index contributed by atoms with van der Waals surface area (Å²) in [5, 5.41) is 0. The van der Waals surface area contributed by atoms with Crippen molar-refractivity contribution in [3.05, 3.63) is 52.2 Å². The van der Waals surface area contributed by atoms with E-state index in [1.807, 2.05) is 0 Å². The lowest BCUT2D eigenvalue weighted by molar-refractivity contribution is 0.956. The van der Waals surface area contributed by atoms with E-state index in [0.29, 0.717) is 17.8 Å². The van der Waals surface area contributed by atoms with Crippen molar-refractivity contribution >= 4 is 0 Å². The highest BCUT2D eigenvalue weighted by Gasteiger charge is 2.02. The Balaban J connectivity index is 2.29. The first-order valence-electron chi connectivity index (χ1n) is 4.55. The van der Waals surface area contributed by atoms with Crippen LogP contribution < -0.4 is 5.56 Å². The van der Waals surface area contributed by atoms with E-state index in [4.69, 9.17) is 0 Å². The molecule has 2 heterocycles. The Labute approximate surface area is 86.3 Å². The maximum absolute atomic E-state index is 11.5. The van der Waals surface area contributed by atoms with Crippen LogP contribution in [0.1, 0.15) is 17.0 Å². The van der Waals surface area contributed by atoms with Crippen LogP contribution in [0, 0.1) is 6.92 Å². The summed E-state index contributed by atoms with van der Waals surface area (Å²) in [6.45, 7) is 1.75. The smallest absolute Gasteiger partial charge is 0.276 e. The summed E-state index contributed by atoms with van der Waals surface area (Å²) in [6.07, 6.45) is 7.01. The number of aromatic nitrogens is 4. The van der Waals surface area contributed by atoms with Gasteiger partial charge in [-0.05, 0) is 12.5 Å². The molecular formula is C10H10N4O. The Morgan fingerprint density at radius 2 is 2.07 bits per heavy atom. The minimum Gasteiger partial charge on any atom is -0.350 e. The predicted molar refractivity (Wildman–Crippen MR) is 54.4 cm³/mol. The summed E-state index contributed by atoms with van der Waals surface area (Å²) >= 11 is 0. The molecule has 2 aromatic heterocycles. The van der Waals surface area contributed by atoms with E-state index >= 15 is 0 Å². The second-order valence-electron chi connectivity index (χ2n) is 3.24. The van der Waals surface area contributed by atoms with Crippen LogP contribution in [0.3, 0.4) is 0 Å². The molecule has 0 aliphatic heterocycles. The first kappa shape index (κ1) is 9.51. The molecule has 1 N–H and O–H groups in total. The summed E-state index contributed by atoms with van der Waals surface area (Å²) in [7, 11) is 0. The second-order valence-corrected chi connectivity index (χ2v) is 3.24. The third-order valence-electron chi connectivity index (χ3n) is 2.01. The van der Waals surface area contributed by atoms with Gasteiger partial charge in [0.2, 0.25) is 0 Å². The summed E-state index contributed by atoms with van der Waals surface area (Å²) in [5.74, 6) is 0.619. The van der Waals surface area contributed by atoms with Gasteiger partial charge in [0, 0.05) is 30.6 Å². The zero-order valence-corrected chi connectivity index (χ0v) is 8.27. The molecule has 0 saturated carbocycles. The number of rotatable bonds is 2. The van der Waals surface area contributed by atoms with Gasteiger partial charge in [0.1, 0.15) is 12.2 Å². The molecule has 5 heteroatoms. The fourth-order valence-electron chi connectivity index (χ4n) is 1.28. The van der Waals surface area contributed by atoms with Gasteiger partial charge >= 0.3 is 0 Å². The normalized spacial score (nSPS) is 10.2. The number of hydrogen-bond acceptors (Lipinski definition) is 4. The van der Waals surface area contributed by atoms with Crippen molar-refractivity contribution in [3.63, 3.8) is 0 Å². The molecule has 0 unspecified atom stereocenters. The lowest BCUT2D eigenvalue weighted by Crippen LogP contribution is -2.15. The van der Waals surface area contributed by atoms with Crippen molar-refractivity contribution in [1.29, 1.82) is 0 Å². The molecule has 2 aromatic rings. The Morgan fingerprint density at radius 3 is 2.73 bits per heavy atom. The molecule has 0 aromatic carbocycles. The number of aryl methyl sites for hydroxylation is 1. The van der Waals surface area contributed by atoms with Crippen LogP contribution in [0.4, 0.5) is 0 Å². The first-order chi connectivity index (χ1) is 7.25. The van der Waals surface area contributed by atoms with Gasteiger partial charge in [-0.3, -0.25) is 4.79 Å². The van der Waals surface area contributed by atoms with Crippen LogP contribution in [-0.4, -0.2) is 19.9 Å². The van der Waals surface area contributed by atoms with E-state index in [1.54, 1.807) is 25.5 Å². The fourth-order valence-corrected chi connectivity index (χ4v) is 1.28. The topological polar surface area (TPSA) is 71.5 Å². The van der Waals surface area contributed by atoms with Gasteiger partial charge in [-0.2, -0.15) is 4.98 Å². The Morgan fingerprint density at radius 1 is 1.33 bits per heavy atom. The third-order valence-corrected chi connectivity index (χ3v) is 2.01. The zero-order valence-electron chi connectivity index (χ0n) is 8.27. The van der Waals surface area contributed by atoms with E-state index < -0.39 is 0 Å². The third kappa shape index (κ3) is 2.25. The molecule has 15 heavy (non-hydrogen) atoms. The van der Waals surface area contributed by atoms with Crippen LogP contribution in [0.25, 0.3) is 0 Å². The lowest BCUT2D eigenvalue weighted by Gasteiger charge is -1.99.